The lowest BCUT2D eigenvalue weighted by Gasteiger charge is -2.17. The van der Waals surface area contributed by atoms with Crippen molar-refractivity contribution in [1.29, 1.82) is 0 Å². The predicted molar refractivity (Wildman–Crippen MR) is 79.8 cm³/mol. The number of halogens is 1. The van der Waals surface area contributed by atoms with Crippen molar-refractivity contribution in [2.24, 2.45) is 0 Å². The molecule has 5 heteroatoms. The van der Waals surface area contributed by atoms with Gasteiger partial charge in [0.15, 0.2) is 0 Å². The molecule has 0 bridgehead atoms. The summed E-state index contributed by atoms with van der Waals surface area (Å²) in [6.45, 7) is 0. The number of carbonyl (C=O) groups excluding carboxylic acids is 2. The van der Waals surface area contributed by atoms with Gasteiger partial charge in [0.25, 0.3) is 5.91 Å². The van der Waals surface area contributed by atoms with E-state index in [1.807, 2.05) is 0 Å². The number of amides is 1. The lowest BCUT2D eigenvalue weighted by molar-refractivity contribution is -0.142. The van der Waals surface area contributed by atoms with Gasteiger partial charge in [-0.15, -0.1) is 0 Å². The summed E-state index contributed by atoms with van der Waals surface area (Å²) in [5.74, 6) is -1.45. The molecule has 0 aromatic heterocycles. The number of rotatable bonds is 5. The molecule has 0 spiro atoms. The first kappa shape index (κ1) is 15.7. The molecule has 22 heavy (non-hydrogen) atoms. The van der Waals surface area contributed by atoms with Crippen LogP contribution in [-0.2, 0) is 16.0 Å². The van der Waals surface area contributed by atoms with E-state index in [1.54, 1.807) is 48.5 Å². The van der Waals surface area contributed by atoms with Crippen molar-refractivity contribution < 1.29 is 18.7 Å². The van der Waals surface area contributed by atoms with Crippen LogP contribution in [0.25, 0.3) is 0 Å². The molecule has 114 valence electrons. The Hall–Kier alpha value is -2.69. The van der Waals surface area contributed by atoms with E-state index in [9.17, 15) is 14.0 Å². The van der Waals surface area contributed by atoms with Gasteiger partial charge >= 0.3 is 5.97 Å². The van der Waals surface area contributed by atoms with E-state index in [1.165, 1.54) is 13.2 Å². The van der Waals surface area contributed by atoms with Gasteiger partial charge in [0.2, 0.25) is 0 Å². The molecular formula is C17H16FNO3. The lowest BCUT2D eigenvalue weighted by atomic mass is 10.0. The summed E-state index contributed by atoms with van der Waals surface area (Å²) in [7, 11) is 1.23. The maximum absolute atomic E-state index is 13.7. The van der Waals surface area contributed by atoms with Crippen LogP contribution < -0.4 is 5.32 Å². The summed E-state index contributed by atoms with van der Waals surface area (Å²) >= 11 is 0. The van der Waals surface area contributed by atoms with E-state index < -0.39 is 23.7 Å². The zero-order valence-corrected chi connectivity index (χ0v) is 12.1. The van der Waals surface area contributed by atoms with Gasteiger partial charge in [0.05, 0.1) is 7.11 Å². The maximum atomic E-state index is 13.7. The molecule has 0 saturated heterocycles. The Morgan fingerprint density at radius 1 is 1.09 bits per heavy atom. The van der Waals surface area contributed by atoms with Gasteiger partial charge in [-0.25, -0.2) is 9.18 Å². The fourth-order valence-corrected chi connectivity index (χ4v) is 2.05. The normalized spacial score (nSPS) is 11.5. The minimum atomic E-state index is -0.949. The van der Waals surface area contributed by atoms with Crippen molar-refractivity contribution in [1.82, 2.24) is 5.32 Å². The van der Waals surface area contributed by atoms with Crippen LogP contribution in [0.2, 0.25) is 0 Å². The average molecular weight is 301 g/mol. The topological polar surface area (TPSA) is 55.4 Å². The average Bonchev–Trinajstić information content (AvgIpc) is 2.56. The second-order valence-electron chi connectivity index (χ2n) is 4.71. The zero-order valence-electron chi connectivity index (χ0n) is 12.1. The lowest BCUT2D eigenvalue weighted by Crippen LogP contribution is -2.43. The van der Waals surface area contributed by atoms with Gasteiger partial charge in [-0.2, -0.15) is 0 Å². The highest BCUT2D eigenvalue weighted by atomic mass is 19.1. The molecule has 0 radical (unpaired) electrons. The van der Waals surface area contributed by atoms with Crippen LogP contribution in [0.5, 0.6) is 0 Å². The Morgan fingerprint density at radius 3 is 2.36 bits per heavy atom. The highest BCUT2D eigenvalue weighted by Crippen LogP contribution is 2.10. The number of nitrogens with one attached hydrogen (secondary N) is 1. The number of hydrogen-bond acceptors (Lipinski definition) is 3. The van der Waals surface area contributed by atoms with E-state index in [-0.39, 0.29) is 6.42 Å². The SMILES string of the molecule is COC(=O)[C@@H](Cc1ccccc1F)NC(=O)c1ccccc1. The molecule has 0 unspecified atom stereocenters. The third-order valence-electron chi connectivity index (χ3n) is 3.21. The molecule has 0 aliphatic rings. The quantitative estimate of drug-likeness (QED) is 0.862. The monoisotopic (exact) mass is 301 g/mol. The Kier molecular flexibility index (Phi) is 5.25. The third kappa shape index (κ3) is 3.91. The van der Waals surface area contributed by atoms with E-state index in [0.29, 0.717) is 11.1 Å². The second-order valence-corrected chi connectivity index (χ2v) is 4.71. The zero-order chi connectivity index (χ0) is 15.9. The molecule has 4 nitrogen and oxygen atoms in total. The maximum Gasteiger partial charge on any atom is 0.328 e. The Labute approximate surface area is 127 Å². The van der Waals surface area contributed by atoms with E-state index in [2.05, 4.69) is 10.1 Å². The van der Waals surface area contributed by atoms with Gasteiger partial charge in [-0.1, -0.05) is 36.4 Å². The van der Waals surface area contributed by atoms with E-state index in [4.69, 9.17) is 0 Å². The molecule has 0 saturated carbocycles. The van der Waals surface area contributed by atoms with Crippen molar-refractivity contribution in [2.45, 2.75) is 12.5 Å². The minimum absolute atomic E-state index is 0.0257. The molecule has 0 fully saturated rings. The summed E-state index contributed by atoms with van der Waals surface area (Å²) in [6.07, 6.45) is 0.0257. The third-order valence-corrected chi connectivity index (χ3v) is 3.21. The van der Waals surface area contributed by atoms with E-state index >= 15 is 0 Å². The highest BCUT2D eigenvalue weighted by Gasteiger charge is 2.23. The Bertz CT molecular complexity index is 658. The Morgan fingerprint density at radius 2 is 1.73 bits per heavy atom. The summed E-state index contributed by atoms with van der Waals surface area (Å²) in [6, 6.07) is 13.7. The Balaban J connectivity index is 2.15. The number of benzene rings is 2. The second kappa shape index (κ2) is 7.36. The van der Waals surface area contributed by atoms with Crippen LogP contribution in [0.3, 0.4) is 0 Å². The number of carbonyl (C=O) groups is 2. The van der Waals surface area contributed by atoms with Gasteiger partial charge in [0.1, 0.15) is 11.9 Å². The largest absolute Gasteiger partial charge is 0.467 e. The summed E-state index contributed by atoms with van der Waals surface area (Å²) < 4.78 is 18.4. The van der Waals surface area contributed by atoms with Gasteiger partial charge in [0, 0.05) is 12.0 Å². The van der Waals surface area contributed by atoms with Crippen molar-refractivity contribution in [3.8, 4) is 0 Å². The first-order chi connectivity index (χ1) is 10.6. The fourth-order valence-electron chi connectivity index (χ4n) is 2.05. The molecule has 0 aliphatic heterocycles. The molecule has 0 heterocycles. The first-order valence-electron chi connectivity index (χ1n) is 6.79. The molecule has 2 aromatic carbocycles. The molecule has 1 amide bonds. The van der Waals surface area contributed by atoms with Gasteiger partial charge < -0.3 is 10.1 Å². The van der Waals surface area contributed by atoms with Gasteiger partial charge in [-0.3, -0.25) is 4.79 Å². The molecule has 2 aromatic rings. The van der Waals surface area contributed by atoms with Crippen LogP contribution >= 0.6 is 0 Å². The van der Waals surface area contributed by atoms with Gasteiger partial charge in [-0.05, 0) is 23.8 Å². The van der Waals surface area contributed by atoms with Crippen molar-refractivity contribution in [3.05, 3.63) is 71.5 Å². The smallest absolute Gasteiger partial charge is 0.328 e. The molecule has 1 atom stereocenters. The van der Waals surface area contributed by atoms with Crippen molar-refractivity contribution >= 4 is 11.9 Å². The minimum Gasteiger partial charge on any atom is -0.467 e. The van der Waals surface area contributed by atoms with Crippen molar-refractivity contribution in [2.75, 3.05) is 7.11 Å². The predicted octanol–water partition coefficient (Wildman–Crippen LogP) is 2.34. The fraction of sp³-hybridized carbons (Fsp3) is 0.176. The van der Waals surface area contributed by atoms with E-state index in [0.717, 1.165) is 0 Å². The summed E-state index contributed by atoms with van der Waals surface area (Å²) in [5, 5.41) is 2.58. The summed E-state index contributed by atoms with van der Waals surface area (Å²) in [5.41, 5.74) is 0.760. The van der Waals surface area contributed by atoms with Crippen LogP contribution in [0, 0.1) is 5.82 Å². The number of esters is 1. The van der Waals surface area contributed by atoms with Crippen LogP contribution in [0.15, 0.2) is 54.6 Å². The number of methoxy groups -OCH3 is 1. The first-order valence-corrected chi connectivity index (χ1v) is 6.79. The number of hydrogen-bond donors (Lipinski definition) is 1. The standard InChI is InChI=1S/C17H16FNO3/c1-22-17(21)15(11-13-9-5-6-10-14(13)18)19-16(20)12-7-3-2-4-8-12/h2-10,15H,11H2,1H3,(H,19,20)/t15-/m1/s1. The van der Waals surface area contributed by atoms with Crippen LogP contribution in [-0.4, -0.2) is 25.0 Å². The molecule has 1 N–H and O–H groups in total. The highest BCUT2D eigenvalue weighted by molar-refractivity contribution is 5.96. The molecule has 2 rings (SSSR count). The van der Waals surface area contributed by atoms with Crippen LogP contribution in [0.1, 0.15) is 15.9 Å². The van der Waals surface area contributed by atoms with Crippen molar-refractivity contribution in [3.63, 3.8) is 0 Å². The van der Waals surface area contributed by atoms with Crippen LogP contribution in [0.4, 0.5) is 4.39 Å². The number of ether oxygens (including phenoxy) is 1. The molecule has 0 aliphatic carbocycles. The summed E-state index contributed by atoms with van der Waals surface area (Å²) in [4.78, 5) is 24.0. The molecular weight excluding hydrogens is 285 g/mol.